The summed E-state index contributed by atoms with van der Waals surface area (Å²) in [5, 5.41) is 0. The molecular formula is C13H22NP. The molecule has 1 atom stereocenters. The van der Waals surface area contributed by atoms with Crippen LogP contribution in [0.5, 0.6) is 0 Å². The molecule has 0 N–H and O–H groups in total. The fourth-order valence-corrected chi connectivity index (χ4v) is 3.78. The van der Waals surface area contributed by atoms with Gasteiger partial charge in [-0.15, -0.1) is 0 Å². The van der Waals surface area contributed by atoms with Crippen molar-refractivity contribution in [1.29, 1.82) is 0 Å². The minimum atomic E-state index is 0.0905. The van der Waals surface area contributed by atoms with E-state index < -0.39 is 0 Å². The lowest BCUT2D eigenvalue weighted by atomic mass is 10.2. The Kier molecular flexibility index (Phi) is 5.28. The number of rotatable bonds is 5. The molecule has 0 amide bonds. The van der Waals surface area contributed by atoms with Gasteiger partial charge in [-0.3, -0.25) is 0 Å². The van der Waals surface area contributed by atoms with E-state index in [-0.39, 0.29) is 7.92 Å². The third-order valence-electron chi connectivity index (χ3n) is 2.42. The van der Waals surface area contributed by atoms with Crippen LogP contribution in [0.4, 0.5) is 0 Å². The van der Waals surface area contributed by atoms with Crippen molar-refractivity contribution in [1.82, 2.24) is 4.90 Å². The lowest BCUT2D eigenvalue weighted by molar-refractivity contribution is 0.479. The summed E-state index contributed by atoms with van der Waals surface area (Å²) < 4.78 is 0. The second-order valence-corrected chi connectivity index (χ2v) is 7.36. The topological polar surface area (TPSA) is 3.24 Å². The Morgan fingerprint density at radius 2 is 1.73 bits per heavy atom. The molecule has 0 aromatic heterocycles. The van der Waals surface area contributed by atoms with E-state index in [1.165, 1.54) is 18.0 Å². The summed E-state index contributed by atoms with van der Waals surface area (Å²) in [6.07, 6.45) is 2.49. The van der Waals surface area contributed by atoms with Crippen molar-refractivity contribution in [2.75, 3.05) is 20.4 Å². The van der Waals surface area contributed by atoms with Crippen LogP contribution in [0, 0.1) is 0 Å². The van der Waals surface area contributed by atoms with Crippen LogP contribution in [0.25, 0.3) is 0 Å². The third-order valence-corrected chi connectivity index (χ3v) is 5.58. The maximum atomic E-state index is 2.35. The lowest BCUT2D eigenvalue weighted by Gasteiger charge is -2.25. The Labute approximate surface area is 95.2 Å². The van der Waals surface area contributed by atoms with Crippen molar-refractivity contribution < 1.29 is 0 Å². The Balaban J connectivity index is 2.59. The summed E-state index contributed by atoms with van der Waals surface area (Å²) in [6.45, 7) is 4.69. The predicted octanol–water partition coefficient (Wildman–Crippen LogP) is 3.60. The van der Waals surface area contributed by atoms with Crippen molar-refractivity contribution >= 4 is 7.92 Å². The van der Waals surface area contributed by atoms with E-state index >= 15 is 0 Å². The molecule has 0 aliphatic carbocycles. The molecule has 15 heavy (non-hydrogen) atoms. The number of nitrogens with zero attached hydrogens (tertiary/aromatic N) is 1. The molecule has 1 unspecified atom stereocenters. The van der Waals surface area contributed by atoms with Crippen LogP contribution in [0.1, 0.15) is 19.4 Å². The molecule has 2 heteroatoms. The first-order chi connectivity index (χ1) is 7.09. The van der Waals surface area contributed by atoms with E-state index in [9.17, 15) is 0 Å². The van der Waals surface area contributed by atoms with Crippen LogP contribution in [0.2, 0.25) is 0 Å². The van der Waals surface area contributed by atoms with Gasteiger partial charge in [0.2, 0.25) is 0 Å². The summed E-state index contributed by atoms with van der Waals surface area (Å²) >= 11 is 0. The molecule has 0 bridgehead atoms. The van der Waals surface area contributed by atoms with Crippen LogP contribution in [-0.2, 0) is 6.16 Å². The van der Waals surface area contributed by atoms with Gasteiger partial charge in [0.15, 0.2) is 0 Å². The maximum absolute atomic E-state index is 2.35. The van der Waals surface area contributed by atoms with Gasteiger partial charge in [-0.25, -0.2) is 0 Å². The van der Waals surface area contributed by atoms with Crippen molar-refractivity contribution in [2.24, 2.45) is 0 Å². The molecule has 0 saturated heterocycles. The molecule has 0 saturated carbocycles. The van der Waals surface area contributed by atoms with Gasteiger partial charge in [-0.1, -0.05) is 52.1 Å². The first-order valence-corrected chi connectivity index (χ1v) is 7.30. The second-order valence-electron chi connectivity index (χ2n) is 4.55. The highest BCUT2D eigenvalue weighted by atomic mass is 31.1. The average Bonchev–Trinajstić information content (AvgIpc) is 2.17. The molecule has 0 radical (unpaired) electrons. The molecule has 0 heterocycles. The molecule has 1 nitrogen and oxygen atoms in total. The highest BCUT2D eigenvalue weighted by Crippen LogP contribution is 2.44. The predicted molar refractivity (Wildman–Crippen MR) is 70.8 cm³/mol. The lowest BCUT2D eigenvalue weighted by Crippen LogP contribution is -2.15. The molecule has 1 aromatic carbocycles. The van der Waals surface area contributed by atoms with E-state index in [1.54, 1.807) is 0 Å². The largest absolute Gasteiger partial charge is 0.305 e. The first kappa shape index (κ1) is 12.7. The molecule has 0 aliphatic rings. The zero-order valence-corrected chi connectivity index (χ0v) is 11.2. The fourth-order valence-electron chi connectivity index (χ4n) is 1.58. The van der Waals surface area contributed by atoms with Gasteiger partial charge < -0.3 is 4.90 Å². The highest BCUT2D eigenvalue weighted by molar-refractivity contribution is 7.57. The van der Waals surface area contributed by atoms with Crippen LogP contribution in [0.3, 0.4) is 0 Å². The summed E-state index contributed by atoms with van der Waals surface area (Å²) in [5.74, 6) is 0. The number of hydrogen-bond acceptors (Lipinski definition) is 1. The van der Waals surface area contributed by atoms with Crippen LogP contribution in [-0.4, -0.2) is 30.9 Å². The van der Waals surface area contributed by atoms with Gasteiger partial charge in [0.25, 0.3) is 0 Å². The molecule has 1 aromatic rings. The summed E-state index contributed by atoms with van der Waals surface area (Å²) in [7, 11) is 4.43. The summed E-state index contributed by atoms with van der Waals surface area (Å²) in [4.78, 5) is 2.31. The Bertz CT molecular complexity index is 269. The van der Waals surface area contributed by atoms with Crippen LogP contribution >= 0.6 is 7.92 Å². The molecule has 0 spiro atoms. The normalized spacial score (nSPS) is 13.5. The zero-order valence-electron chi connectivity index (χ0n) is 10.3. The SMILES string of the molecule is CC(C)P(Cc1ccccc1)CN(C)C. The van der Waals surface area contributed by atoms with E-state index in [4.69, 9.17) is 0 Å². The van der Waals surface area contributed by atoms with Crippen molar-refractivity contribution in [3.05, 3.63) is 35.9 Å². The summed E-state index contributed by atoms with van der Waals surface area (Å²) in [6, 6.07) is 10.9. The molecule has 0 fully saturated rings. The minimum Gasteiger partial charge on any atom is -0.305 e. The van der Waals surface area contributed by atoms with E-state index in [1.807, 2.05) is 0 Å². The molecule has 84 valence electrons. The highest BCUT2D eigenvalue weighted by Gasteiger charge is 2.13. The summed E-state index contributed by atoms with van der Waals surface area (Å²) in [5.41, 5.74) is 2.29. The molecule has 1 rings (SSSR count). The third kappa shape index (κ3) is 4.77. The van der Waals surface area contributed by atoms with Crippen molar-refractivity contribution in [3.63, 3.8) is 0 Å². The number of hydrogen-bond donors (Lipinski definition) is 0. The Hall–Kier alpha value is -0.390. The average molecular weight is 223 g/mol. The van der Waals surface area contributed by atoms with Gasteiger partial charge in [-0.05, 0) is 31.5 Å². The minimum absolute atomic E-state index is 0.0905. The molecular weight excluding hydrogens is 201 g/mol. The maximum Gasteiger partial charge on any atom is 0.0183 e. The van der Waals surface area contributed by atoms with Crippen LogP contribution < -0.4 is 0 Å². The molecule has 0 aliphatic heterocycles. The standard InChI is InChI=1S/C13H22NP/c1-12(2)15(11-14(3)4)10-13-8-6-5-7-9-13/h5-9,12H,10-11H2,1-4H3. The number of benzene rings is 1. The van der Waals surface area contributed by atoms with Gasteiger partial charge >= 0.3 is 0 Å². The smallest absolute Gasteiger partial charge is 0.0183 e. The van der Waals surface area contributed by atoms with E-state index in [0.717, 1.165) is 5.66 Å². The fraction of sp³-hybridized carbons (Fsp3) is 0.538. The zero-order chi connectivity index (χ0) is 11.3. The Morgan fingerprint density at radius 1 is 1.13 bits per heavy atom. The van der Waals surface area contributed by atoms with E-state index in [2.05, 4.69) is 63.2 Å². The second kappa shape index (κ2) is 6.25. The van der Waals surface area contributed by atoms with Gasteiger partial charge in [0.1, 0.15) is 0 Å². The van der Waals surface area contributed by atoms with Crippen molar-refractivity contribution in [3.8, 4) is 0 Å². The van der Waals surface area contributed by atoms with Crippen LogP contribution in [0.15, 0.2) is 30.3 Å². The monoisotopic (exact) mass is 223 g/mol. The quantitative estimate of drug-likeness (QED) is 0.689. The Morgan fingerprint density at radius 3 is 2.20 bits per heavy atom. The van der Waals surface area contributed by atoms with Crippen molar-refractivity contribution in [2.45, 2.75) is 25.7 Å². The van der Waals surface area contributed by atoms with Gasteiger partial charge in [0.05, 0.1) is 0 Å². The van der Waals surface area contributed by atoms with Gasteiger partial charge in [-0.2, -0.15) is 0 Å². The first-order valence-electron chi connectivity index (χ1n) is 5.52. The van der Waals surface area contributed by atoms with E-state index in [0.29, 0.717) is 0 Å². The van der Waals surface area contributed by atoms with Gasteiger partial charge in [0, 0.05) is 6.29 Å².